The van der Waals surface area contributed by atoms with Gasteiger partial charge in [-0.25, -0.2) is 4.79 Å². The molecule has 0 aromatic heterocycles. The second-order valence-electron chi connectivity index (χ2n) is 3.91. The van der Waals surface area contributed by atoms with E-state index in [0.717, 1.165) is 18.4 Å². The SMILES string of the molecule is CCC(CC)C(=O)OOc1ccc(Cl)cc1C. The van der Waals surface area contributed by atoms with Crippen LogP contribution in [0.5, 0.6) is 5.75 Å². The van der Waals surface area contributed by atoms with Gasteiger partial charge in [0.25, 0.3) is 0 Å². The maximum absolute atomic E-state index is 11.6. The molecule has 0 unspecified atom stereocenters. The fourth-order valence-electron chi connectivity index (χ4n) is 1.48. The summed E-state index contributed by atoms with van der Waals surface area (Å²) in [5.74, 6) is 0.0701. The number of hydrogen-bond donors (Lipinski definition) is 0. The van der Waals surface area contributed by atoms with Gasteiger partial charge in [-0.1, -0.05) is 25.4 Å². The molecule has 0 N–H and O–H groups in total. The predicted molar refractivity (Wildman–Crippen MR) is 67.0 cm³/mol. The monoisotopic (exact) mass is 256 g/mol. The number of rotatable bonds is 5. The van der Waals surface area contributed by atoms with Crippen LogP contribution in [0.2, 0.25) is 5.02 Å². The van der Waals surface area contributed by atoms with Gasteiger partial charge in [0.05, 0.1) is 5.92 Å². The van der Waals surface area contributed by atoms with Crippen molar-refractivity contribution in [2.75, 3.05) is 0 Å². The first kappa shape index (κ1) is 13.8. The van der Waals surface area contributed by atoms with Crippen LogP contribution in [0.25, 0.3) is 0 Å². The van der Waals surface area contributed by atoms with Crippen LogP contribution in [-0.2, 0) is 9.68 Å². The minimum atomic E-state index is -0.329. The van der Waals surface area contributed by atoms with E-state index in [0.29, 0.717) is 10.8 Å². The van der Waals surface area contributed by atoms with Gasteiger partial charge in [0.2, 0.25) is 0 Å². The lowest BCUT2D eigenvalue weighted by Gasteiger charge is -2.11. The van der Waals surface area contributed by atoms with Crippen molar-refractivity contribution in [1.82, 2.24) is 0 Å². The lowest BCUT2D eigenvalue weighted by molar-refractivity contribution is -0.219. The smallest absolute Gasteiger partial charge is 0.287 e. The minimum Gasteiger partial charge on any atom is -0.287 e. The molecule has 0 spiro atoms. The zero-order valence-corrected chi connectivity index (χ0v) is 11.1. The van der Waals surface area contributed by atoms with Crippen LogP contribution in [0, 0.1) is 12.8 Å². The van der Waals surface area contributed by atoms with E-state index in [2.05, 4.69) is 0 Å². The largest absolute Gasteiger partial charge is 0.358 e. The number of carbonyl (C=O) groups excluding carboxylic acids is 1. The van der Waals surface area contributed by atoms with Gasteiger partial charge in [0, 0.05) is 5.02 Å². The standard InChI is InChI=1S/C13H17ClO3/c1-4-10(5-2)13(15)17-16-12-7-6-11(14)8-9(12)3/h6-8,10H,4-5H2,1-3H3. The van der Waals surface area contributed by atoms with Gasteiger partial charge in [-0.05, 0) is 43.5 Å². The van der Waals surface area contributed by atoms with Gasteiger partial charge in [-0.15, -0.1) is 0 Å². The Labute approximate surface area is 107 Å². The van der Waals surface area contributed by atoms with Crippen LogP contribution in [-0.4, -0.2) is 5.97 Å². The third-order valence-corrected chi connectivity index (χ3v) is 2.90. The highest BCUT2D eigenvalue weighted by molar-refractivity contribution is 6.30. The second-order valence-corrected chi connectivity index (χ2v) is 4.35. The van der Waals surface area contributed by atoms with Crippen LogP contribution >= 0.6 is 11.6 Å². The summed E-state index contributed by atoms with van der Waals surface area (Å²) in [4.78, 5) is 21.4. The van der Waals surface area contributed by atoms with Crippen molar-refractivity contribution in [1.29, 1.82) is 0 Å². The number of benzene rings is 1. The highest BCUT2D eigenvalue weighted by atomic mass is 35.5. The van der Waals surface area contributed by atoms with Gasteiger partial charge in [0.1, 0.15) is 0 Å². The molecule has 94 valence electrons. The lowest BCUT2D eigenvalue weighted by atomic mass is 10.0. The third-order valence-electron chi connectivity index (χ3n) is 2.67. The van der Waals surface area contributed by atoms with Crippen molar-refractivity contribution in [2.45, 2.75) is 33.6 Å². The first-order valence-corrected chi connectivity index (χ1v) is 6.10. The van der Waals surface area contributed by atoms with E-state index in [4.69, 9.17) is 21.4 Å². The van der Waals surface area contributed by atoms with E-state index in [-0.39, 0.29) is 11.9 Å². The molecule has 0 aliphatic carbocycles. The van der Waals surface area contributed by atoms with E-state index in [1.54, 1.807) is 18.2 Å². The van der Waals surface area contributed by atoms with Crippen molar-refractivity contribution < 1.29 is 14.6 Å². The molecule has 1 rings (SSSR count). The highest BCUT2D eigenvalue weighted by Crippen LogP contribution is 2.22. The normalized spacial score (nSPS) is 10.4. The Morgan fingerprint density at radius 2 is 2.00 bits per heavy atom. The average molecular weight is 257 g/mol. The molecular weight excluding hydrogens is 240 g/mol. The fraction of sp³-hybridized carbons (Fsp3) is 0.462. The van der Waals surface area contributed by atoms with Crippen molar-refractivity contribution in [2.24, 2.45) is 5.92 Å². The van der Waals surface area contributed by atoms with Crippen LogP contribution in [0.15, 0.2) is 18.2 Å². The molecule has 0 saturated carbocycles. The second kappa shape index (κ2) is 6.50. The van der Waals surface area contributed by atoms with E-state index >= 15 is 0 Å². The van der Waals surface area contributed by atoms with E-state index < -0.39 is 0 Å². The first-order chi connectivity index (χ1) is 8.08. The lowest BCUT2D eigenvalue weighted by Crippen LogP contribution is -2.18. The summed E-state index contributed by atoms with van der Waals surface area (Å²) in [6, 6.07) is 5.12. The molecule has 0 atom stereocenters. The van der Waals surface area contributed by atoms with Crippen LogP contribution in [0.3, 0.4) is 0 Å². The Balaban J connectivity index is 2.58. The van der Waals surface area contributed by atoms with Crippen LogP contribution < -0.4 is 4.89 Å². The topological polar surface area (TPSA) is 35.5 Å². The Hall–Kier alpha value is -1.22. The Bertz CT molecular complexity index is 386. The molecule has 4 heteroatoms. The maximum atomic E-state index is 11.6. The number of halogens is 1. The third kappa shape index (κ3) is 3.93. The molecule has 0 aliphatic rings. The Kier molecular flexibility index (Phi) is 5.29. The van der Waals surface area contributed by atoms with Gasteiger partial charge in [-0.2, -0.15) is 0 Å². The molecular formula is C13H17ClO3. The fourth-order valence-corrected chi connectivity index (χ4v) is 1.71. The highest BCUT2D eigenvalue weighted by Gasteiger charge is 2.17. The molecule has 0 heterocycles. The van der Waals surface area contributed by atoms with Crippen molar-refractivity contribution in [3.63, 3.8) is 0 Å². The van der Waals surface area contributed by atoms with Crippen molar-refractivity contribution in [3.8, 4) is 5.75 Å². The summed E-state index contributed by atoms with van der Waals surface area (Å²) >= 11 is 5.81. The molecule has 1 aromatic carbocycles. The van der Waals surface area contributed by atoms with Gasteiger partial charge in [-0.3, -0.25) is 9.78 Å². The summed E-state index contributed by atoms with van der Waals surface area (Å²) in [5, 5.41) is 0.626. The zero-order chi connectivity index (χ0) is 12.8. The average Bonchev–Trinajstić information content (AvgIpc) is 2.29. The molecule has 0 amide bonds. The van der Waals surface area contributed by atoms with Crippen LogP contribution in [0.4, 0.5) is 0 Å². The molecule has 0 fully saturated rings. The number of aryl methyl sites for hydroxylation is 1. The summed E-state index contributed by atoms with van der Waals surface area (Å²) in [7, 11) is 0. The summed E-state index contributed by atoms with van der Waals surface area (Å²) < 4.78 is 0. The van der Waals surface area contributed by atoms with Crippen molar-refractivity contribution in [3.05, 3.63) is 28.8 Å². The van der Waals surface area contributed by atoms with E-state index in [9.17, 15) is 4.79 Å². The van der Waals surface area contributed by atoms with E-state index in [1.807, 2.05) is 20.8 Å². The first-order valence-electron chi connectivity index (χ1n) is 5.73. The molecule has 1 aromatic rings. The molecule has 0 radical (unpaired) electrons. The predicted octanol–water partition coefficient (Wildman–Crippen LogP) is 3.92. The summed E-state index contributed by atoms with van der Waals surface area (Å²) in [5.41, 5.74) is 0.829. The Morgan fingerprint density at radius 3 is 2.53 bits per heavy atom. The van der Waals surface area contributed by atoms with Crippen molar-refractivity contribution >= 4 is 17.6 Å². The van der Waals surface area contributed by atoms with Gasteiger partial charge in [0.15, 0.2) is 5.75 Å². The van der Waals surface area contributed by atoms with Crippen LogP contribution in [0.1, 0.15) is 32.3 Å². The minimum absolute atomic E-state index is 0.109. The molecule has 17 heavy (non-hydrogen) atoms. The van der Waals surface area contributed by atoms with Gasteiger partial charge < -0.3 is 0 Å². The zero-order valence-electron chi connectivity index (χ0n) is 10.3. The maximum Gasteiger partial charge on any atom is 0.358 e. The molecule has 0 saturated heterocycles. The van der Waals surface area contributed by atoms with Gasteiger partial charge >= 0.3 is 5.97 Å². The molecule has 0 aliphatic heterocycles. The quantitative estimate of drug-likeness (QED) is 0.592. The summed E-state index contributed by atoms with van der Waals surface area (Å²) in [6.45, 7) is 5.73. The molecule has 3 nitrogen and oxygen atoms in total. The van der Waals surface area contributed by atoms with E-state index in [1.165, 1.54) is 0 Å². The number of carbonyl (C=O) groups is 1. The number of hydrogen-bond acceptors (Lipinski definition) is 3. The summed E-state index contributed by atoms with van der Waals surface area (Å²) in [6.07, 6.45) is 1.50. The Morgan fingerprint density at radius 1 is 1.35 bits per heavy atom. The molecule has 0 bridgehead atoms.